The van der Waals surface area contributed by atoms with Gasteiger partial charge in [0.05, 0.1) is 16.9 Å². The number of nitrogens with two attached hydrogens (primary N) is 1. The van der Waals surface area contributed by atoms with E-state index in [1.54, 1.807) is 6.07 Å². The van der Waals surface area contributed by atoms with Gasteiger partial charge in [-0.3, -0.25) is 4.79 Å². The van der Waals surface area contributed by atoms with E-state index in [9.17, 15) is 9.90 Å². The fourth-order valence-corrected chi connectivity index (χ4v) is 3.12. The molecule has 0 bridgehead atoms. The maximum atomic E-state index is 11.9. The largest absolute Gasteiger partial charge is 0.506 e. The van der Waals surface area contributed by atoms with Crippen LogP contribution in [-0.2, 0) is 4.79 Å². The van der Waals surface area contributed by atoms with Crippen LogP contribution < -0.4 is 11.1 Å². The smallest absolute Gasteiger partial charge is 0.224 e. The number of nitrogens with one attached hydrogen (secondary N) is 1. The van der Waals surface area contributed by atoms with E-state index in [0.29, 0.717) is 17.7 Å². The van der Waals surface area contributed by atoms with E-state index in [-0.39, 0.29) is 17.3 Å². The summed E-state index contributed by atoms with van der Waals surface area (Å²) in [6, 6.07) is 8.93. The summed E-state index contributed by atoms with van der Waals surface area (Å²) in [6.45, 7) is 1.95. The maximum Gasteiger partial charge on any atom is 0.224 e. The predicted octanol–water partition coefficient (Wildman–Crippen LogP) is 3.99. The van der Waals surface area contributed by atoms with E-state index in [1.807, 2.05) is 30.5 Å². The molecule has 1 amide bonds. The number of carbonyl (C=O) groups excluding carboxylic acids is 1. The highest BCUT2D eigenvalue weighted by molar-refractivity contribution is 7.04. The van der Waals surface area contributed by atoms with Gasteiger partial charge in [0, 0.05) is 22.8 Å². The lowest BCUT2D eigenvalue weighted by atomic mass is 9.99. The Morgan fingerprint density at radius 2 is 2.17 bits per heavy atom. The first-order valence-electron chi connectivity index (χ1n) is 7.36. The molecule has 0 radical (unpaired) electrons. The average Bonchev–Trinajstić information content (AvgIpc) is 2.99. The molecular weight excluding hydrogens is 310 g/mol. The van der Waals surface area contributed by atoms with Gasteiger partial charge < -0.3 is 16.2 Å². The zero-order chi connectivity index (χ0) is 16.4. The molecule has 4 N–H and O–H groups in total. The Morgan fingerprint density at radius 3 is 2.96 bits per heavy atom. The molecule has 2 aromatic carbocycles. The minimum Gasteiger partial charge on any atom is -0.506 e. The molecule has 1 heterocycles. The summed E-state index contributed by atoms with van der Waals surface area (Å²) in [5.41, 5.74) is 9.19. The first-order chi connectivity index (χ1) is 11.1. The van der Waals surface area contributed by atoms with Gasteiger partial charge in [0.25, 0.3) is 0 Å². The number of phenols is 1. The molecule has 0 spiro atoms. The second-order valence-corrected chi connectivity index (χ2v) is 5.94. The van der Waals surface area contributed by atoms with Crippen LogP contribution >= 0.6 is 11.5 Å². The molecule has 6 heteroatoms. The van der Waals surface area contributed by atoms with Crippen molar-refractivity contribution in [1.82, 2.24) is 4.37 Å². The first-order valence-corrected chi connectivity index (χ1v) is 8.19. The highest BCUT2D eigenvalue weighted by Crippen LogP contribution is 2.40. The van der Waals surface area contributed by atoms with Crippen LogP contribution in [0.3, 0.4) is 0 Å². The molecule has 0 aliphatic rings. The SMILES string of the molecule is CCCC(=O)Nc1ccc(O)c(N)c1-c1ccc2csnc2c1. The number of fused-ring (bicyclic) bond motifs is 1. The third-order valence-electron chi connectivity index (χ3n) is 3.62. The average molecular weight is 327 g/mol. The summed E-state index contributed by atoms with van der Waals surface area (Å²) in [7, 11) is 0. The Kier molecular flexibility index (Phi) is 4.16. The Balaban J connectivity index is 2.11. The molecule has 0 saturated heterocycles. The number of benzene rings is 2. The number of rotatable bonds is 4. The lowest BCUT2D eigenvalue weighted by molar-refractivity contribution is -0.116. The number of carbonyl (C=O) groups is 1. The van der Waals surface area contributed by atoms with E-state index in [4.69, 9.17) is 5.73 Å². The Hall–Kier alpha value is -2.60. The van der Waals surface area contributed by atoms with Gasteiger partial charge in [-0.15, -0.1) is 0 Å². The number of hydrogen-bond donors (Lipinski definition) is 3. The molecule has 118 valence electrons. The second-order valence-electron chi connectivity index (χ2n) is 5.31. The Morgan fingerprint density at radius 1 is 1.35 bits per heavy atom. The number of nitrogen functional groups attached to an aromatic ring is 1. The molecule has 0 unspecified atom stereocenters. The van der Waals surface area contributed by atoms with E-state index in [0.717, 1.165) is 22.9 Å². The van der Waals surface area contributed by atoms with Gasteiger partial charge in [0.1, 0.15) is 5.75 Å². The van der Waals surface area contributed by atoms with E-state index >= 15 is 0 Å². The minimum absolute atomic E-state index is 0.00753. The molecule has 5 nitrogen and oxygen atoms in total. The van der Waals surface area contributed by atoms with Crippen molar-refractivity contribution >= 4 is 39.7 Å². The zero-order valence-electron chi connectivity index (χ0n) is 12.7. The number of amides is 1. The normalized spacial score (nSPS) is 10.8. The fraction of sp³-hybridized carbons (Fsp3) is 0.176. The van der Waals surface area contributed by atoms with Crippen LogP contribution in [0.1, 0.15) is 19.8 Å². The second kappa shape index (κ2) is 6.26. The molecule has 0 atom stereocenters. The number of anilines is 2. The summed E-state index contributed by atoms with van der Waals surface area (Å²) in [5.74, 6) is -0.0829. The van der Waals surface area contributed by atoms with Crippen molar-refractivity contribution in [2.45, 2.75) is 19.8 Å². The zero-order valence-corrected chi connectivity index (χ0v) is 13.5. The molecule has 0 aliphatic carbocycles. The van der Waals surface area contributed by atoms with Crippen LogP contribution in [-0.4, -0.2) is 15.4 Å². The maximum absolute atomic E-state index is 11.9. The monoisotopic (exact) mass is 327 g/mol. The lowest BCUT2D eigenvalue weighted by Crippen LogP contribution is -2.12. The topological polar surface area (TPSA) is 88.2 Å². The van der Waals surface area contributed by atoms with Crippen LogP contribution in [0, 0.1) is 0 Å². The van der Waals surface area contributed by atoms with Crippen molar-refractivity contribution in [1.29, 1.82) is 0 Å². The Bertz CT molecular complexity index is 873. The van der Waals surface area contributed by atoms with Crippen molar-refractivity contribution in [3.63, 3.8) is 0 Å². The summed E-state index contributed by atoms with van der Waals surface area (Å²) in [5, 5.41) is 15.8. The van der Waals surface area contributed by atoms with Crippen LogP contribution in [0.25, 0.3) is 22.0 Å². The van der Waals surface area contributed by atoms with Crippen molar-refractivity contribution in [2.24, 2.45) is 0 Å². The van der Waals surface area contributed by atoms with Gasteiger partial charge in [-0.2, -0.15) is 4.37 Å². The summed E-state index contributed by atoms with van der Waals surface area (Å²) in [4.78, 5) is 11.9. The molecule has 1 aromatic heterocycles. The summed E-state index contributed by atoms with van der Waals surface area (Å²) >= 11 is 1.39. The van der Waals surface area contributed by atoms with Crippen molar-refractivity contribution in [3.8, 4) is 16.9 Å². The molecule has 0 saturated carbocycles. The van der Waals surface area contributed by atoms with Crippen molar-refractivity contribution in [3.05, 3.63) is 35.7 Å². The summed E-state index contributed by atoms with van der Waals surface area (Å²) < 4.78 is 4.33. The molecule has 3 aromatic rings. The number of phenolic OH excluding ortho intramolecular Hbond substituents is 1. The van der Waals surface area contributed by atoms with Gasteiger partial charge in [0.2, 0.25) is 5.91 Å². The highest BCUT2D eigenvalue weighted by atomic mass is 32.1. The predicted molar refractivity (Wildman–Crippen MR) is 94.7 cm³/mol. The van der Waals surface area contributed by atoms with Crippen LogP contribution in [0.4, 0.5) is 11.4 Å². The molecule has 3 rings (SSSR count). The number of nitrogens with zero attached hydrogens (tertiary/aromatic N) is 1. The van der Waals surface area contributed by atoms with Crippen LogP contribution in [0.15, 0.2) is 35.7 Å². The van der Waals surface area contributed by atoms with E-state index in [1.165, 1.54) is 17.6 Å². The third-order valence-corrected chi connectivity index (χ3v) is 4.28. The fourth-order valence-electron chi connectivity index (χ4n) is 2.48. The Labute approximate surface area is 137 Å². The quantitative estimate of drug-likeness (QED) is 0.384. The minimum atomic E-state index is -0.0754. The molecular formula is C17H17N3O2S. The van der Waals surface area contributed by atoms with Gasteiger partial charge in [-0.25, -0.2) is 0 Å². The lowest BCUT2D eigenvalue weighted by Gasteiger charge is -2.15. The molecule has 0 aliphatic heterocycles. The summed E-state index contributed by atoms with van der Waals surface area (Å²) in [6.07, 6.45) is 1.20. The number of aromatic nitrogens is 1. The van der Waals surface area contributed by atoms with Crippen molar-refractivity contribution in [2.75, 3.05) is 11.1 Å². The molecule has 23 heavy (non-hydrogen) atoms. The number of aromatic hydroxyl groups is 1. The van der Waals surface area contributed by atoms with Gasteiger partial charge in [-0.05, 0) is 41.7 Å². The van der Waals surface area contributed by atoms with E-state index < -0.39 is 0 Å². The van der Waals surface area contributed by atoms with Crippen LogP contribution in [0.2, 0.25) is 0 Å². The third kappa shape index (κ3) is 2.98. The number of hydrogen-bond acceptors (Lipinski definition) is 5. The standard InChI is InChI=1S/C17H17N3O2S/c1-2-3-15(22)19-12-6-7-14(21)17(18)16(12)10-4-5-11-9-23-20-13(11)8-10/h4-9,21H,2-3,18H2,1H3,(H,19,22). The van der Waals surface area contributed by atoms with Crippen LogP contribution in [0.5, 0.6) is 5.75 Å². The highest BCUT2D eigenvalue weighted by Gasteiger charge is 2.15. The van der Waals surface area contributed by atoms with Gasteiger partial charge in [0.15, 0.2) is 0 Å². The van der Waals surface area contributed by atoms with Gasteiger partial charge >= 0.3 is 0 Å². The first kappa shape index (κ1) is 15.3. The molecule has 0 fully saturated rings. The van der Waals surface area contributed by atoms with Gasteiger partial charge in [-0.1, -0.05) is 19.1 Å². The van der Waals surface area contributed by atoms with E-state index in [2.05, 4.69) is 9.69 Å². The van der Waals surface area contributed by atoms with Crippen molar-refractivity contribution < 1.29 is 9.90 Å².